The molecule has 0 aliphatic carbocycles. The first-order valence-corrected chi connectivity index (χ1v) is 4.86. The molecule has 0 saturated carbocycles. The second-order valence-electron chi connectivity index (χ2n) is 2.24. The zero-order chi connectivity index (χ0) is 9.40. The third-order valence-corrected chi connectivity index (χ3v) is 3.03. The predicted molar refractivity (Wildman–Crippen MR) is 34.3 cm³/mol. The summed E-state index contributed by atoms with van der Waals surface area (Å²) in [6.07, 6.45) is -0.797. The fourth-order valence-electron chi connectivity index (χ4n) is 0.585. The van der Waals surface area contributed by atoms with Gasteiger partial charge in [-0.05, 0) is 6.42 Å². The van der Waals surface area contributed by atoms with Gasteiger partial charge in [0.1, 0.15) is 5.25 Å². The average Bonchev–Trinajstić information content (AvgIpc) is 1.60. The molecule has 0 heterocycles. The molecule has 7 heteroatoms. The van der Waals surface area contributed by atoms with E-state index in [0.717, 1.165) is 6.92 Å². The van der Waals surface area contributed by atoms with E-state index >= 15 is 0 Å². The second-order valence-corrected chi connectivity index (χ2v) is 4.97. The highest BCUT2D eigenvalue weighted by molar-refractivity contribution is 8.46. The SMILES string of the molecule is CCC(CO)S(F)(F)(F)(F)F. The quantitative estimate of drug-likeness (QED) is 0.694. The summed E-state index contributed by atoms with van der Waals surface area (Å²) in [5.74, 6) is 0. The summed E-state index contributed by atoms with van der Waals surface area (Å²) >= 11 is 0. The van der Waals surface area contributed by atoms with Crippen LogP contribution >= 0.6 is 10.2 Å². The number of aliphatic hydroxyl groups is 1. The molecule has 0 aromatic heterocycles. The molecule has 1 N–H and O–H groups in total. The number of rotatable bonds is 3. The Morgan fingerprint density at radius 2 is 1.55 bits per heavy atom. The molecule has 1 nitrogen and oxygen atoms in total. The first kappa shape index (κ1) is 11.0. The molecule has 1 unspecified atom stereocenters. The molecule has 0 radical (unpaired) electrons. The van der Waals surface area contributed by atoms with Crippen molar-refractivity contribution in [3.05, 3.63) is 0 Å². The van der Waals surface area contributed by atoms with Crippen molar-refractivity contribution >= 4 is 10.2 Å². The Hall–Kier alpha value is -0.0400. The van der Waals surface area contributed by atoms with Crippen molar-refractivity contribution in [2.45, 2.75) is 18.6 Å². The van der Waals surface area contributed by atoms with Crippen LogP contribution < -0.4 is 0 Å². The van der Waals surface area contributed by atoms with Crippen molar-refractivity contribution in [1.82, 2.24) is 0 Å². The topological polar surface area (TPSA) is 20.2 Å². The molecule has 1 atom stereocenters. The minimum Gasteiger partial charge on any atom is -0.395 e. The Labute approximate surface area is 60.9 Å². The van der Waals surface area contributed by atoms with Crippen LogP contribution in [0.15, 0.2) is 0 Å². The molecule has 0 amide bonds. The van der Waals surface area contributed by atoms with Crippen LogP contribution in [0.25, 0.3) is 0 Å². The summed E-state index contributed by atoms with van der Waals surface area (Å²) in [5.41, 5.74) is 0. The molecule has 11 heavy (non-hydrogen) atoms. The highest BCUT2D eigenvalue weighted by Crippen LogP contribution is 3.00. The average molecular weight is 200 g/mol. The van der Waals surface area contributed by atoms with Gasteiger partial charge in [-0.25, -0.2) is 0 Å². The van der Waals surface area contributed by atoms with Crippen LogP contribution in [0.2, 0.25) is 0 Å². The van der Waals surface area contributed by atoms with E-state index in [4.69, 9.17) is 5.11 Å². The van der Waals surface area contributed by atoms with Crippen molar-refractivity contribution in [2.75, 3.05) is 6.61 Å². The van der Waals surface area contributed by atoms with Gasteiger partial charge >= 0.3 is 0 Å². The lowest BCUT2D eigenvalue weighted by atomic mass is 10.3. The summed E-state index contributed by atoms with van der Waals surface area (Å²) < 4.78 is 58.6. The second kappa shape index (κ2) is 2.01. The molecule has 0 aliphatic heterocycles. The van der Waals surface area contributed by atoms with E-state index in [-0.39, 0.29) is 0 Å². The lowest BCUT2D eigenvalue weighted by Gasteiger charge is -2.46. The monoisotopic (exact) mass is 200 g/mol. The fourth-order valence-corrected chi connectivity index (χ4v) is 1.50. The number of hydrogen-bond donors (Lipinski definition) is 1. The Morgan fingerprint density at radius 1 is 1.18 bits per heavy atom. The summed E-state index contributed by atoms with van der Waals surface area (Å²) in [4.78, 5) is 0. The zero-order valence-corrected chi connectivity index (χ0v) is 6.55. The van der Waals surface area contributed by atoms with Crippen LogP contribution in [0.5, 0.6) is 0 Å². The molecule has 0 bridgehead atoms. The van der Waals surface area contributed by atoms with Crippen molar-refractivity contribution in [3.8, 4) is 0 Å². The lowest BCUT2D eigenvalue weighted by Crippen LogP contribution is -2.27. The van der Waals surface area contributed by atoms with Gasteiger partial charge in [-0.1, -0.05) is 26.4 Å². The molecule has 0 aromatic rings. The maximum atomic E-state index is 11.7. The van der Waals surface area contributed by atoms with Gasteiger partial charge in [0.25, 0.3) is 10.2 Å². The van der Waals surface area contributed by atoms with Crippen molar-refractivity contribution in [2.24, 2.45) is 0 Å². The van der Waals surface area contributed by atoms with Gasteiger partial charge in [0.15, 0.2) is 0 Å². The Balaban J connectivity index is 4.81. The maximum absolute atomic E-state index is 11.7. The van der Waals surface area contributed by atoms with E-state index in [1.54, 1.807) is 0 Å². The number of hydrogen-bond acceptors (Lipinski definition) is 1. The molecule has 0 rings (SSSR count). The summed E-state index contributed by atoms with van der Waals surface area (Å²) in [6.45, 7) is -0.590. The predicted octanol–water partition coefficient (Wildman–Crippen LogP) is 3.06. The van der Waals surface area contributed by atoms with E-state index in [0.29, 0.717) is 0 Å². The standard InChI is InChI=1S/C4H9F5OS/c1-2-4(3-10)11(5,6,7,8)9/h4,10H,2-3H2,1H3. The largest absolute Gasteiger partial charge is 0.395 e. The number of aliphatic hydroxyl groups excluding tert-OH is 1. The first-order chi connectivity index (χ1) is 4.51. The van der Waals surface area contributed by atoms with Crippen LogP contribution in [0.1, 0.15) is 13.3 Å². The van der Waals surface area contributed by atoms with Gasteiger partial charge in [-0.3, -0.25) is 0 Å². The molecule has 0 aromatic carbocycles. The normalized spacial score (nSPS) is 22.1. The molecule has 72 valence electrons. The Morgan fingerprint density at radius 3 is 1.55 bits per heavy atom. The lowest BCUT2D eigenvalue weighted by molar-refractivity contribution is 0.248. The van der Waals surface area contributed by atoms with E-state index in [2.05, 4.69) is 0 Å². The molecular weight excluding hydrogens is 191 g/mol. The first-order valence-electron chi connectivity index (χ1n) is 2.85. The van der Waals surface area contributed by atoms with Gasteiger partial charge in [-0.2, -0.15) is 0 Å². The zero-order valence-electron chi connectivity index (χ0n) is 5.74. The van der Waals surface area contributed by atoms with Crippen LogP contribution in [0.4, 0.5) is 19.4 Å². The molecule has 0 saturated heterocycles. The number of halogens is 5. The van der Waals surface area contributed by atoms with Crippen LogP contribution in [-0.4, -0.2) is 17.0 Å². The minimum absolute atomic E-state index is 0.797. The van der Waals surface area contributed by atoms with E-state index < -0.39 is 28.5 Å². The smallest absolute Gasteiger partial charge is 0.290 e. The van der Waals surface area contributed by atoms with Gasteiger partial charge in [0.05, 0.1) is 6.61 Å². The van der Waals surface area contributed by atoms with E-state index in [1.165, 1.54) is 0 Å². The summed E-state index contributed by atoms with van der Waals surface area (Å²) in [7, 11) is -9.43. The molecular formula is C4H9F5OS. The van der Waals surface area contributed by atoms with Gasteiger partial charge in [0.2, 0.25) is 0 Å². The highest BCUT2D eigenvalue weighted by atomic mass is 32.5. The molecule has 0 aliphatic rings. The van der Waals surface area contributed by atoms with E-state index in [1.807, 2.05) is 0 Å². The van der Waals surface area contributed by atoms with E-state index in [9.17, 15) is 19.4 Å². The summed E-state index contributed by atoms with van der Waals surface area (Å²) in [5, 5.41) is 5.16. The van der Waals surface area contributed by atoms with Gasteiger partial charge < -0.3 is 5.11 Å². The Bertz CT molecular complexity index is 142. The Kier molecular flexibility index (Phi) is 2.00. The minimum atomic E-state index is -9.43. The maximum Gasteiger partial charge on any atom is 0.290 e. The van der Waals surface area contributed by atoms with Gasteiger partial charge in [0, 0.05) is 0 Å². The van der Waals surface area contributed by atoms with Crippen LogP contribution in [0, 0.1) is 0 Å². The highest BCUT2D eigenvalue weighted by Gasteiger charge is 2.68. The third-order valence-electron chi connectivity index (χ3n) is 1.29. The molecule has 0 spiro atoms. The third kappa shape index (κ3) is 3.24. The van der Waals surface area contributed by atoms with Crippen molar-refractivity contribution in [1.29, 1.82) is 0 Å². The fraction of sp³-hybridized carbons (Fsp3) is 1.00. The van der Waals surface area contributed by atoms with Crippen molar-refractivity contribution < 1.29 is 24.5 Å². The van der Waals surface area contributed by atoms with Crippen molar-refractivity contribution in [3.63, 3.8) is 0 Å². The summed E-state index contributed by atoms with van der Waals surface area (Å²) in [6, 6.07) is 0. The van der Waals surface area contributed by atoms with Gasteiger partial charge in [-0.15, -0.1) is 0 Å². The van der Waals surface area contributed by atoms with Crippen LogP contribution in [0.3, 0.4) is 0 Å². The van der Waals surface area contributed by atoms with Crippen LogP contribution in [-0.2, 0) is 0 Å². The molecule has 0 fully saturated rings.